The minimum absolute atomic E-state index is 0.328. The minimum atomic E-state index is -0.376. The average Bonchev–Trinajstić information content (AvgIpc) is 2.95. The third-order valence-electron chi connectivity index (χ3n) is 4.18. The van der Waals surface area contributed by atoms with E-state index in [2.05, 4.69) is 17.6 Å². The highest BCUT2D eigenvalue weighted by Crippen LogP contribution is 2.24. The maximum Gasteiger partial charge on any atom is 0.332 e. The maximum atomic E-state index is 12.8. The van der Waals surface area contributed by atoms with E-state index in [9.17, 15) is 9.59 Å². The number of aromatic nitrogens is 4. The van der Waals surface area contributed by atoms with Crippen LogP contribution in [0.15, 0.2) is 51.2 Å². The maximum absolute atomic E-state index is 12.8. The smallest absolute Gasteiger partial charge is 0.309 e. The fourth-order valence-corrected chi connectivity index (χ4v) is 3.70. The Balaban J connectivity index is 2.25. The number of thioether (sulfide) groups is 1. The zero-order valence-corrected chi connectivity index (χ0v) is 16.3. The summed E-state index contributed by atoms with van der Waals surface area (Å²) in [4.78, 5) is 29.6. The number of rotatable bonds is 5. The van der Waals surface area contributed by atoms with Gasteiger partial charge in [-0.3, -0.25) is 13.9 Å². The van der Waals surface area contributed by atoms with Crippen molar-refractivity contribution in [2.45, 2.75) is 25.5 Å². The highest BCUT2D eigenvalue weighted by Gasteiger charge is 2.19. The Morgan fingerprint density at radius 2 is 1.96 bits per heavy atom. The zero-order chi connectivity index (χ0) is 19.0. The number of nitrogens with zero attached hydrogens (tertiary/aromatic N) is 4. The van der Waals surface area contributed by atoms with Crippen molar-refractivity contribution in [2.75, 3.05) is 5.75 Å². The summed E-state index contributed by atoms with van der Waals surface area (Å²) < 4.78 is 4.46. The van der Waals surface area contributed by atoms with Gasteiger partial charge in [0.05, 0.1) is 6.54 Å². The van der Waals surface area contributed by atoms with Crippen LogP contribution in [0.2, 0.25) is 0 Å². The fraction of sp³-hybridized carbons (Fsp3) is 0.316. The minimum Gasteiger partial charge on any atom is -0.309 e. The highest BCUT2D eigenvalue weighted by molar-refractivity contribution is 7.99. The Morgan fingerprint density at radius 3 is 2.62 bits per heavy atom. The Bertz CT molecular complexity index is 1120. The van der Waals surface area contributed by atoms with Gasteiger partial charge < -0.3 is 4.57 Å². The molecule has 136 valence electrons. The Hall–Kier alpha value is -2.54. The lowest BCUT2D eigenvalue weighted by atomic mass is 10.1. The third-order valence-corrected chi connectivity index (χ3v) is 5.39. The molecule has 0 saturated heterocycles. The van der Waals surface area contributed by atoms with Crippen molar-refractivity contribution < 1.29 is 0 Å². The van der Waals surface area contributed by atoms with Gasteiger partial charge in [-0.1, -0.05) is 53.7 Å². The molecule has 0 N–H and O–H groups in total. The van der Waals surface area contributed by atoms with Gasteiger partial charge in [-0.05, 0) is 19.4 Å². The predicted octanol–water partition coefficient (Wildman–Crippen LogP) is 2.46. The molecule has 0 aliphatic rings. The second-order valence-electron chi connectivity index (χ2n) is 6.59. The van der Waals surface area contributed by atoms with Gasteiger partial charge in [0.2, 0.25) is 0 Å². The van der Waals surface area contributed by atoms with Crippen molar-refractivity contribution in [1.82, 2.24) is 18.7 Å². The van der Waals surface area contributed by atoms with Crippen LogP contribution in [0, 0.1) is 6.92 Å². The molecule has 0 saturated carbocycles. The van der Waals surface area contributed by atoms with Gasteiger partial charge >= 0.3 is 5.69 Å². The van der Waals surface area contributed by atoms with E-state index in [1.54, 1.807) is 7.05 Å². The van der Waals surface area contributed by atoms with Crippen LogP contribution in [0.4, 0.5) is 0 Å². The van der Waals surface area contributed by atoms with E-state index >= 15 is 0 Å². The van der Waals surface area contributed by atoms with Crippen LogP contribution in [-0.4, -0.2) is 24.4 Å². The van der Waals surface area contributed by atoms with Gasteiger partial charge in [0.15, 0.2) is 16.3 Å². The van der Waals surface area contributed by atoms with Crippen LogP contribution in [0.25, 0.3) is 11.2 Å². The van der Waals surface area contributed by atoms with Crippen molar-refractivity contribution >= 4 is 22.9 Å². The van der Waals surface area contributed by atoms with Gasteiger partial charge in [0.1, 0.15) is 0 Å². The lowest BCUT2D eigenvalue weighted by Gasteiger charge is -2.10. The number of hydrogen-bond acceptors (Lipinski definition) is 4. The van der Waals surface area contributed by atoms with Gasteiger partial charge in [-0.2, -0.15) is 0 Å². The summed E-state index contributed by atoms with van der Waals surface area (Å²) in [5, 5.41) is 0.711. The summed E-state index contributed by atoms with van der Waals surface area (Å²) in [5.74, 6) is 0.700. The Labute approximate surface area is 155 Å². The van der Waals surface area contributed by atoms with E-state index < -0.39 is 0 Å². The molecule has 0 bridgehead atoms. The normalized spacial score (nSPS) is 11.2. The molecule has 3 aromatic rings. The molecule has 6 nitrogen and oxygen atoms in total. The Kier molecular flexibility index (Phi) is 4.91. The quantitative estimate of drug-likeness (QED) is 0.511. The molecule has 0 atom stereocenters. The van der Waals surface area contributed by atoms with Crippen LogP contribution in [0.3, 0.4) is 0 Å². The molecule has 0 aliphatic carbocycles. The molecule has 0 radical (unpaired) electrons. The van der Waals surface area contributed by atoms with E-state index in [0.29, 0.717) is 28.6 Å². The van der Waals surface area contributed by atoms with Crippen molar-refractivity contribution in [3.63, 3.8) is 0 Å². The lowest BCUT2D eigenvalue weighted by Crippen LogP contribution is -2.37. The average molecular weight is 370 g/mol. The number of aryl methyl sites for hydroxylation is 2. The Morgan fingerprint density at radius 1 is 1.23 bits per heavy atom. The second-order valence-corrected chi connectivity index (χ2v) is 7.54. The number of imidazole rings is 1. The highest BCUT2D eigenvalue weighted by atomic mass is 32.2. The van der Waals surface area contributed by atoms with Crippen molar-refractivity contribution in [3.05, 3.63) is 68.4 Å². The van der Waals surface area contributed by atoms with Crippen LogP contribution < -0.4 is 11.2 Å². The van der Waals surface area contributed by atoms with E-state index in [-0.39, 0.29) is 11.2 Å². The molecule has 1 aromatic carbocycles. The molecule has 0 unspecified atom stereocenters. The topological polar surface area (TPSA) is 61.8 Å². The summed E-state index contributed by atoms with van der Waals surface area (Å²) in [6, 6.07) is 8.15. The van der Waals surface area contributed by atoms with E-state index in [0.717, 1.165) is 21.3 Å². The molecular weight excluding hydrogens is 348 g/mol. The predicted molar refractivity (Wildman–Crippen MR) is 106 cm³/mol. The van der Waals surface area contributed by atoms with Crippen LogP contribution >= 0.6 is 11.8 Å². The number of hydrogen-bond donors (Lipinski definition) is 0. The molecular formula is C19H22N4O2S. The fourth-order valence-electron chi connectivity index (χ4n) is 2.86. The molecule has 0 amide bonds. The zero-order valence-electron chi connectivity index (χ0n) is 15.4. The lowest BCUT2D eigenvalue weighted by molar-refractivity contribution is 0.696. The summed E-state index contributed by atoms with van der Waals surface area (Å²) in [7, 11) is 3.14. The molecule has 3 rings (SSSR count). The second kappa shape index (κ2) is 6.99. The van der Waals surface area contributed by atoms with Gasteiger partial charge in [-0.25, -0.2) is 9.78 Å². The molecule has 2 aromatic heterocycles. The molecule has 7 heteroatoms. The standard InChI is InChI=1S/C19H22N4O2S/c1-12(2)11-26-18-20-16-15(17(24)22(5)19(25)21(16)4)23(18)10-14-8-6-7-13(3)9-14/h6-9H,1,10-11H2,2-5H3. The third kappa shape index (κ3) is 3.26. The molecule has 2 heterocycles. The summed E-state index contributed by atoms with van der Waals surface area (Å²) >= 11 is 1.52. The van der Waals surface area contributed by atoms with E-state index in [1.165, 1.54) is 23.4 Å². The summed E-state index contributed by atoms with van der Waals surface area (Å²) in [6.07, 6.45) is 0. The first-order chi connectivity index (χ1) is 12.3. The molecule has 0 aliphatic heterocycles. The first-order valence-corrected chi connectivity index (χ1v) is 9.27. The summed E-state index contributed by atoms with van der Waals surface area (Å²) in [6.45, 7) is 8.44. The number of fused-ring (bicyclic) bond motifs is 1. The molecule has 0 fully saturated rings. The monoisotopic (exact) mass is 370 g/mol. The van der Waals surface area contributed by atoms with Gasteiger partial charge in [0.25, 0.3) is 5.56 Å². The van der Waals surface area contributed by atoms with Crippen LogP contribution in [0.5, 0.6) is 0 Å². The van der Waals surface area contributed by atoms with Crippen molar-refractivity contribution in [2.24, 2.45) is 14.1 Å². The molecule has 26 heavy (non-hydrogen) atoms. The van der Waals surface area contributed by atoms with Gasteiger partial charge in [0, 0.05) is 19.8 Å². The van der Waals surface area contributed by atoms with Gasteiger partial charge in [-0.15, -0.1) is 0 Å². The first kappa shape index (κ1) is 18.3. The largest absolute Gasteiger partial charge is 0.332 e. The van der Waals surface area contributed by atoms with Crippen molar-refractivity contribution in [1.29, 1.82) is 0 Å². The SMILES string of the molecule is C=C(C)CSc1nc2c(c(=O)n(C)c(=O)n2C)n1Cc1cccc(C)c1. The van der Waals surface area contributed by atoms with Crippen LogP contribution in [-0.2, 0) is 20.6 Å². The van der Waals surface area contributed by atoms with Crippen LogP contribution in [0.1, 0.15) is 18.1 Å². The first-order valence-electron chi connectivity index (χ1n) is 8.28. The molecule has 0 spiro atoms. The summed E-state index contributed by atoms with van der Waals surface area (Å²) in [5.41, 5.74) is 3.41. The van der Waals surface area contributed by atoms with E-state index in [1.807, 2.05) is 36.6 Å². The number of benzene rings is 1. The van der Waals surface area contributed by atoms with Crippen molar-refractivity contribution in [3.8, 4) is 0 Å². The van der Waals surface area contributed by atoms with E-state index in [4.69, 9.17) is 0 Å².